The molecule has 5 nitrogen and oxygen atoms in total. The van der Waals surface area contributed by atoms with Gasteiger partial charge in [0.25, 0.3) is 0 Å². The Kier molecular flexibility index (Phi) is 6.59. The SMILES string of the molecule is CC(=O)N1CCCN(CC(=O)N[C@@H](c2cccs2)C(C)C)CC1. The Bertz CT molecular complexity index is 516. The van der Waals surface area contributed by atoms with Crippen LogP contribution in [0.1, 0.15) is 38.1 Å². The van der Waals surface area contributed by atoms with Crippen LogP contribution < -0.4 is 5.32 Å². The lowest BCUT2D eigenvalue weighted by atomic mass is 10.0. The minimum Gasteiger partial charge on any atom is -0.347 e. The first-order chi connectivity index (χ1) is 11.0. The van der Waals surface area contributed by atoms with Gasteiger partial charge in [0.05, 0.1) is 12.6 Å². The molecule has 0 spiro atoms. The number of thiophene rings is 1. The van der Waals surface area contributed by atoms with Gasteiger partial charge in [-0.2, -0.15) is 0 Å². The Morgan fingerprint density at radius 2 is 2.04 bits per heavy atom. The van der Waals surface area contributed by atoms with Gasteiger partial charge in [0.15, 0.2) is 0 Å². The van der Waals surface area contributed by atoms with E-state index in [2.05, 4.69) is 30.1 Å². The monoisotopic (exact) mass is 337 g/mol. The average Bonchev–Trinajstić information content (AvgIpc) is 2.91. The van der Waals surface area contributed by atoms with E-state index in [1.807, 2.05) is 16.3 Å². The van der Waals surface area contributed by atoms with Crippen molar-refractivity contribution < 1.29 is 9.59 Å². The second-order valence-electron chi connectivity index (χ2n) is 6.44. The molecular weight excluding hydrogens is 310 g/mol. The molecule has 128 valence electrons. The van der Waals surface area contributed by atoms with Crippen LogP contribution in [-0.2, 0) is 9.59 Å². The molecule has 0 aromatic carbocycles. The van der Waals surface area contributed by atoms with Gasteiger partial charge in [0.1, 0.15) is 0 Å². The van der Waals surface area contributed by atoms with Crippen molar-refractivity contribution >= 4 is 23.2 Å². The molecule has 0 bridgehead atoms. The Hall–Kier alpha value is -1.40. The maximum atomic E-state index is 12.4. The summed E-state index contributed by atoms with van der Waals surface area (Å²) in [6.07, 6.45) is 0.922. The zero-order valence-corrected chi connectivity index (χ0v) is 15.1. The van der Waals surface area contributed by atoms with Crippen molar-refractivity contribution in [3.05, 3.63) is 22.4 Å². The highest BCUT2D eigenvalue weighted by molar-refractivity contribution is 7.10. The summed E-state index contributed by atoms with van der Waals surface area (Å²) in [6.45, 7) is 9.39. The van der Waals surface area contributed by atoms with Crippen molar-refractivity contribution in [3.8, 4) is 0 Å². The first-order valence-corrected chi connectivity index (χ1v) is 9.16. The highest BCUT2D eigenvalue weighted by atomic mass is 32.1. The molecule has 23 heavy (non-hydrogen) atoms. The molecule has 0 aliphatic carbocycles. The number of carbonyl (C=O) groups is 2. The van der Waals surface area contributed by atoms with E-state index in [-0.39, 0.29) is 17.9 Å². The molecule has 1 fully saturated rings. The fourth-order valence-electron chi connectivity index (χ4n) is 2.90. The molecule has 1 aromatic rings. The number of nitrogens with one attached hydrogen (secondary N) is 1. The molecule has 6 heteroatoms. The summed E-state index contributed by atoms with van der Waals surface area (Å²) in [7, 11) is 0. The highest BCUT2D eigenvalue weighted by Gasteiger charge is 2.22. The third-order valence-electron chi connectivity index (χ3n) is 4.23. The van der Waals surface area contributed by atoms with E-state index in [0.29, 0.717) is 19.0 Å². The van der Waals surface area contributed by atoms with Crippen molar-refractivity contribution in [2.45, 2.75) is 33.2 Å². The second kappa shape index (κ2) is 8.45. The minimum atomic E-state index is 0.0633. The van der Waals surface area contributed by atoms with Gasteiger partial charge in [-0.1, -0.05) is 19.9 Å². The number of rotatable bonds is 5. The summed E-state index contributed by atoms with van der Waals surface area (Å²) < 4.78 is 0. The lowest BCUT2D eigenvalue weighted by molar-refractivity contribution is -0.128. The van der Waals surface area contributed by atoms with Crippen molar-refractivity contribution in [1.82, 2.24) is 15.1 Å². The van der Waals surface area contributed by atoms with Crippen molar-refractivity contribution in [2.24, 2.45) is 5.92 Å². The smallest absolute Gasteiger partial charge is 0.234 e. The van der Waals surface area contributed by atoms with Crippen LogP contribution in [0.4, 0.5) is 0 Å². The van der Waals surface area contributed by atoms with Gasteiger partial charge in [-0.05, 0) is 23.8 Å². The Morgan fingerprint density at radius 1 is 1.26 bits per heavy atom. The quantitative estimate of drug-likeness (QED) is 0.895. The Balaban J connectivity index is 1.87. The topological polar surface area (TPSA) is 52.7 Å². The standard InChI is InChI=1S/C17H27N3O2S/c1-13(2)17(15-6-4-11-23-15)18-16(22)12-19-7-5-8-20(10-9-19)14(3)21/h4,6,11,13,17H,5,7-10,12H2,1-3H3,(H,18,22)/t17-/m1/s1. The summed E-state index contributed by atoms with van der Waals surface area (Å²) in [5.41, 5.74) is 0. The molecule has 1 aliphatic rings. The zero-order valence-electron chi connectivity index (χ0n) is 14.2. The van der Waals surface area contributed by atoms with E-state index in [4.69, 9.17) is 0 Å². The molecule has 1 N–H and O–H groups in total. The van der Waals surface area contributed by atoms with Crippen molar-refractivity contribution in [2.75, 3.05) is 32.7 Å². The molecule has 0 unspecified atom stereocenters. The molecule has 0 radical (unpaired) electrons. The minimum absolute atomic E-state index is 0.0633. The van der Waals surface area contributed by atoms with Gasteiger partial charge in [0.2, 0.25) is 11.8 Å². The molecule has 1 atom stereocenters. The molecule has 1 aliphatic heterocycles. The predicted molar refractivity (Wildman–Crippen MR) is 93.4 cm³/mol. The Labute approximate surface area is 142 Å². The lowest BCUT2D eigenvalue weighted by Gasteiger charge is -2.24. The van der Waals surface area contributed by atoms with Gasteiger partial charge in [0, 0.05) is 38.0 Å². The number of carbonyl (C=O) groups excluding carboxylic acids is 2. The first kappa shape index (κ1) is 17.9. The zero-order chi connectivity index (χ0) is 16.8. The first-order valence-electron chi connectivity index (χ1n) is 8.28. The number of hydrogen-bond donors (Lipinski definition) is 1. The van der Waals surface area contributed by atoms with E-state index in [1.165, 1.54) is 4.88 Å². The average molecular weight is 337 g/mol. The number of nitrogens with zero attached hydrogens (tertiary/aromatic N) is 2. The van der Waals surface area contributed by atoms with Gasteiger partial charge < -0.3 is 10.2 Å². The maximum absolute atomic E-state index is 12.4. The van der Waals surface area contributed by atoms with Gasteiger partial charge >= 0.3 is 0 Å². The third kappa shape index (κ3) is 5.32. The van der Waals surface area contributed by atoms with Crippen LogP contribution in [0, 0.1) is 5.92 Å². The van der Waals surface area contributed by atoms with Crippen LogP contribution in [0.2, 0.25) is 0 Å². The van der Waals surface area contributed by atoms with Crippen LogP contribution in [0.5, 0.6) is 0 Å². The summed E-state index contributed by atoms with van der Waals surface area (Å²) >= 11 is 1.68. The fourth-order valence-corrected chi connectivity index (χ4v) is 3.85. The van der Waals surface area contributed by atoms with E-state index >= 15 is 0 Å². The molecular formula is C17H27N3O2S. The number of hydrogen-bond acceptors (Lipinski definition) is 4. The highest BCUT2D eigenvalue weighted by Crippen LogP contribution is 2.25. The van der Waals surface area contributed by atoms with Crippen molar-refractivity contribution in [1.29, 1.82) is 0 Å². The Morgan fingerprint density at radius 3 is 2.65 bits per heavy atom. The normalized spacial score (nSPS) is 17.8. The summed E-state index contributed by atoms with van der Waals surface area (Å²) in [5, 5.41) is 5.21. The fraction of sp³-hybridized carbons (Fsp3) is 0.647. The summed E-state index contributed by atoms with van der Waals surface area (Å²) in [5.74, 6) is 0.539. The van der Waals surface area contributed by atoms with Crippen LogP contribution in [-0.4, -0.2) is 54.3 Å². The van der Waals surface area contributed by atoms with E-state index in [0.717, 1.165) is 26.1 Å². The van der Waals surface area contributed by atoms with E-state index < -0.39 is 0 Å². The molecule has 1 aromatic heterocycles. The lowest BCUT2D eigenvalue weighted by Crippen LogP contribution is -2.41. The third-order valence-corrected chi connectivity index (χ3v) is 5.19. The summed E-state index contributed by atoms with van der Waals surface area (Å²) in [6, 6.07) is 4.17. The summed E-state index contributed by atoms with van der Waals surface area (Å²) in [4.78, 5) is 29.1. The largest absolute Gasteiger partial charge is 0.347 e. The van der Waals surface area contributed by atoms with Crippen LogP contribution >= 0.6 is 11.3 Å². The maximum Gasteiger partial charge on any atom is 0.234 e. The molecule has 2 amide bonds. The van der Waals surface area contributed by atoms with Crippen molar-refractivity contribution in [3.63, 3.8) is 0 Å². The van der Waals surface area contributed by atoms with E-state index in [1.54, 1.807) is 18.3 Å². The van der Waals surface area contributed by atoms with Crippen LogP contribution in [0.25, 0.3) is 0 Å². The van der Waals surface area contributed by atoms with Crippen LogP contribution in [0.3, 0.4) is 0 Å². The van der Waals surface area contributed by atoms with Crippen LogP contribution in [0.15, 0.2) is 17.5 Å². The predicted octanol–water partition coefficient (Wildman–Crippen LogP) is 2.12. The molecule has 2 rings (SSSR count). The van der Waals surface area contributed by atoms with Gasteiger partial charge in [-0.3, -0.25) is 14.5 Å². The molecule has 1 saturated heterocycles. The molecule has 0 saturated carbocycles. The van der Waals surface area contributed by atoms with Gasteiger partial charge in [-0.25, -0.2) is 0 Å². The number of amides is 2. The second-order valence-corrected chi connectivity index (χ2v) is 7.42. The van der Waals surface area contributed by atoms with E-state index in [9.17, 15) is 9.59 Å². The van der Waals surface area contributed by atoms with Gasteiger partial charge in [-0.15, -0.1) is 11.3 Å². The molecule has 2 heterocycles.